The number of carbonyl (C=O) groups is 1. The molecule has 6 nitrogen and oxygen atoms in total. The van der Waals surface area contributed by atoms with E-state index >= 15 is 0 Å². The molecule has 0 radical (unpaired) electrons. The van der Waals surface area contributed by atoms with Gasteiger partial charge < -0.3 is 10.2 Å². The van der Waals surface area contributed by atoms with Crippen LogP contribution in [0.1, 0.15) is 21.7 Å². The maximum Gasteiger partial charge on any atom is 0.335 e. The molecule has 0 aliphatic rings. The lowest BCUT2D eigenvalue weighted by molar-refractivity contribution is 0.0697. The third-order valence-electron chi connectivity index (χ3n) is 2.50. The fraction of sp³-hybridized carbons (Fsp3) is 0.182. The predicted octanol–water partition coefficient (Wildman–Crippen LogP) is 0.766. The molecule has 17 heavy (non-hydrogen) atoms. The zero-order valence-corrected chi connectivity index (χ0v) is 9.16. The molecular weight excluding hydrogens is 222 g/mol. The van der Waals surface area contributed by atoms with E-state index in [1.807, 2.05) is 0 Å². The van der Waals surface area contributed by atoms with Crippen molar-refractivity contribution in [3.05, 3.63) is 41.2 Å². The molecule has 0 saturated carbocycles. The van der Waals surface area contributed by atoms with Crippen molar-refractivity contribution in [2.75, 3.05) is 0 Å². The number of carboxylic acid groups (broad SMARTS) is 1. The molecule has 0 amide bonds. The lowest BCUT2D eigenvalue weighted by Gasteiger charge is -2.03. The number of aliphatic hydroxyl groups is 1. The van der Waals surface area contributed by atoms with Crippen LogP contribution in [-0.2, 0) is 6.61 Å². The lowest BCUT2D eigenvalue weighted by Crippen LogP contribution is -2.01. The van der Waals surface area contributed by atoms with Crippen molar-refractivity contribution in [3.63, 3.8) is 0 Å². The topological polar surface area (TPSA) is 88.2 Å². The standard InChI is InChI=1S/C11H11N3O3/c1-7-10(6-15)12-13-14(7)9-4-2-8(3-5-9)11(16)17/h2-5,15H,6H2,1H3,(H,16,17). The number of hydrogen-bond donors (Lipinski definition) is 2. The summed E-state index contributed by atoms with van der Waals surface area (Å²) in [5, 5.41) is 25.5. The van der Waals surface area contributed by atoms with Gasteiger partial charge in [-0.15, -0.1) is 5.10 Å². The number of carboxylic acids is 1. The molecule has 1 aromatic carbocycles. The number of hydrogen-bond acceptors (Lipinski definition) is 4. The van der Waals surface area contributed by atoms with E-state index in [1.165, 1.54) is 12.1 Å². The maximum absolute atomic E-state index is 10.7. The Balaban J connectivity index is 2.39. The van der Waals surface area contributed by atoms with Gasteiger partial charge in [0.05, 0.1) is 23.6 Å². The molecule has 2 rings (SSSR count). The highest BCUT2D eigenvalue weighted by atomic mass is 16.4. The number of nitrogens with zero attached hydrogens (tertiary/aromatic N) is 3. The van der Waals surface area contributed by atoms with Crippen LogP contribution in [0.25, 0.3) is 5.69 Å². The van der Waals surface area contributed by atoms with E-state index in [2.05, 4.69) is 10.3 Å². The molecule has 0 atom stereocenters. The first-order chi connectivity index (χ1) is 8.13. The largest absolute Gasteiger partial charge is 0.478 e. The summed E-state index contributed by atoms with van der Waals surface area (Å²) in [7, 11) is 0. The van der Waals surface area contributed by atoms with Crippen LogP contribution in [0.5, 0.6) is 0 Å². The molecule has 0 saturated heterocycles. The van der Waals surface area contributed by atoms with Gasteiger partial charge in [-0.05, 0) is 31.2 Å². The number of rotatable bonds is 3. The van der Waals surface area contributed by atoms with Crippen molar-refractivity contribution in [2.45, 2.75) is 13.5 Å². The Morgan fingerprint density at radius 3 is 2.47 bits per heavy atom. The molecule has 6 heteroatoms. The second-order valence-electron chi connectivity index (χ2n) is 3.54. The van der Waals surface area contributed by atoms with Crippen LogP contribution in [0.4, 0.5) is 0 Å². The molecule has 0 unspecified atom stereocenters. The van der Waals surface area contributed by atoms with Crippen molar-refractivity contribution in [1.82, 2.24) is 15.0 Å². The third-order valence-corrected chi connectivity index (χ3v) is 2.50. The number of aromatic carboxylic acids is 1. The average molecular weight is 233 g/mol. The highest BCUT2D eigenvalue weighted by molar-refractivity contribution is 5.87. The van der Waals surface area contributed by atoms with E-state index in [-0.39, 0.29) is 12.2 Å². The lowest BCUT2D eigenvalue weighted by atomic mass is 10.2. The van der Waals surface area contributed by atoms with Gasteiger partial charge in [0.15, 0.2) is 0 Å². The van der Waals surface area contributed by atoms with E-state index < -0.39 is 5.97 Å². The summed E-state index contributed by atoms with van der Waals surface area (Å²) in [5.74, 6) is -0.970. The smallest absolute Gasteiger partial charge is 0.335 e. The summed E-state index contributed by atoms with van der Waals surface area (Å²) in [5.41, 5.74) is 2.16. The SMILES string of the molecule is Cc1c(CO)nnn1-c1ccc(C(=O)O)cc1. The van der Waals surface area contributed by atoms with Gasteiger partial charge in [0.1, 0.15) is 5.69 Å². The van der Waals surface area contributed by atoms with Gasteiger partial charge >= 0.3 is 5.97 Å². The first-order valence-corrected chi connectivity index (χ1v) is 4.99. The Labute approximate surface area is 97.1 Å². The van der Waals surface area contributed by atoms with Crippen molar-refractivity contribution >= 4 is 5.97 Å². The van der Waals surface area contributed by atoms with Gasteiger partial charge in [0.2, 0.25) is 0 Å². The van der Waals surface area contributed by atoms with Crippen LogP contribution in [-0.4, -0.2) is 31.2 Å². The van der Waals surface area contributed by atoms with Crippen LogP contribution in [0.15, 0.2) is 24.3 Å². The first-order valence-electron chi connectivity index (χ1n) is 4.99. The quantitative estimate of drug-likeness (QED) is 0.817. The summed E-state index contributed by atoms with van der Waals surface area (Å²) < 4.78 is 1.55. The molecule has 0 fully saturated rings. The van der Waals surface area contributed by atoms with Gasteiger partial charge in [-0.1, -0.05) is 5.21 Å². The van der Waals surface area contributed by atoms with Gasteiger partial charge in [-0.25, -0.2) is 9.48 Å². The van der Waals surface area contributed by atoms with Gasteiger partial charge in [0, 0.05) is 0 Å². The summed E-state index contributed by atoms with van der Waals surface area (Å²) in [4.78, 5) is 10.7. The Morgan fingerprint density at radius 1 is 1.35 bits per heavy atom. The minimum absolute atomic E-state index is 0.168. The summed E-state index contributed by atoms with van der Waals surface area (Å²) in [6.45, 7) is 1.62. The molecule has 2 N–H and O–H groups in total. The van der Waals surface area contributed by atoms with Crippen LogP contribution in [0, 0.1) is 6.92 Å². The number of aliphatic hydroxyl groups excluding tert-OH is 1. The molecule has 0 spiro atoms. The molecule has 1 aromatic heterocycles. The second-order valence-corrected chi connectivity index (χ2v) is 3.54. The molecule has 2 aromatic rings. The monoisotopic (exact) mass is 233 g/mol. The summed E-state index contributed by atoms with van der Waals surface area (Å²) >= 11 is 0. The van der Waals surface area contributed by atoms with Crippen LogP contribution in [0.3, 0.4) is 0 Å². The Hall–Kier alpha value is -2.21. The zero-order valence-electron chi connectivity index (χ0n) is 9.16. The minimum Gasteiger partial charge on any atom is -0.478 e. The van der Waals surface area contributed by atoms with E-state index in [9.17, 15) is 4.79 Å². The Bertz CT molecular complexity index is 546. The highest BCUT2D eigenvalue weighted by Gasteiger charge is 2.09. The van der Waals surface area contributed by atoms with Crippen molar-refractivity contribution < 1.29 is 15.0 Å². The van der Waals surface area contributed by atoms with Gasteiger partial charge in [-0.2, -0.15) is 0 Å². The van der Waals surface area contributed by atoms with E-state index in [0.29, 0.717) is 11.4 Å². The molecule has 0 aliphatic carbocycles. The molecular formula is C11H11N3O3. The van der Waals surface area contributed by atoms with Crippen LogP contribution < -0.4 is 0 Å². The molecule has 1 heterocycles. The van der Waals surface area contributed by atoms with Crippen LogP contribution in [0.2, 0.25) is 0 Å². The minimum atomic E-state index is -0.970. The second kappa shape index (κ2) is 4.34. The van der Waals surface area contributed by atoms with Crippen molar-refractivity contribution in [1.29, 1.82) is 0 Å². The zero-order chi connectivity index (χ0) is 12.4. The number of aromatic nitrogens is 3. The van der Waals surface area contributed by atoms with E-state index in [1.54, 1.807) is 23.7 Å². The fourth-order valence-electron chi connectivity index (χ4n) is 1.50. The normalized spacial score (nSPS) is 10.5. The third kappa shape index (κ3) is 2.02. The predicted molar refractivity (Wildman–Crippen MR) is 59.0 cm³/mol. The first kappa shape index (κ1) is 11.3. The van der Waals surface area contributed by atoms with Crippen molar-refractivity contribution in [2.24, 2.45) is 0 Å². The van der Waals surface area contributed by atoms with Crippen molar-refractivity contribution in [3.8, 4) is 5.69 Å². The molecule has 88 valence electrons. The van der Waals surface area contributed by atoms with Crippen LogP contribution >= 0.6 is 0 Å². The number of benzene rings is 1. The Kier molecular flexibility index (Phi) is 2.88. The highest BCUT2D eigenvalue weighted by Crippen LogP contribution is 2.13. The summed E-state index contributed by atoms with van der Waals surface area (Å²) in [6.07, 6.45) is 0. The van der Waals surface area contributed by atoms with E-state index in [4.69, 9.17) is 10.2 Å². The Morgan fingerprint density at radius 2 is 2.00 bits per heavy atom. The maximum atomic E-state index is 10.7. The molecule has 0 bridgehead atoms. The van der Waals surface area contributed by atoms with Gasteiger partial charge in [0.25, 0.3) is 0 Å². The average Bonchev–Trinajstić information content (AvgIpc) is 2.70. The summed E-state index contributed by atoms with van der Waals surface area (Å²) in [6, 6.07) is 6.29. The fourth-order valence-corrected chi connectivity index (χ4v) is 1.50. The van der Waals surface area contributed by atoms with Gasteiger partial charge in [-0.3, -0.25) is 0 Å². The molecule has 0 aliphatic heterocycles. The van der Waals surface area contributed by atoms with E-state index in [0.717, 1.165) is 5.69 Å².